The fourth-order valence-corrected chi connectivity index (χ4v) is 3.97. The predicted octanol–water partition coefficient (Wildman–Crippen LogP) is 8.10. The molecule has 1 heterocycles. The molecule has 164 valence electrons. The van der Waals surface area contributed by atoms with Crippen LogP contribution in [0.25, 0.3) is 16.8 Å². The van der Waals surface area contributed by atoms with Crippen molar-refractivity contribution in [3.8, 4) is 22.6 Å². The van der Waals surface area contributed by atoms with Crippen molar-refractivity contribution in [2.75, 3.05) is 0 Å². The van der Waals surface area contributed by atoms with Crippen LogP contribution in [0.5, 0.6) is 5.75 Å². The zero-order valence-corrected chi connectivity index (χ0v) is 18.5. The van der Waals surface area contributed by atoms with Crippen molar-refractivity contribution in [1.82, 2.24) is 9.55 Å². The Balaban J connectivity index is 1.62. The number of halogens is 6. The number of rotatable bonds is 5. The first kappa shape index (κ1) is 22.5. The summed E-state index contributed by atoms with van der Waals surface area (Å²) in [6, 6.07) is 19.1. The molecule has 0 amide bonds. The van der Waals surface area contributed by atoms with Crippen LogP contribution in [0, 0.1) is 0 Å². The van der Waals surface area contributed by atoms with E-state index >= 15 is 0 Å². The maximum Gasteiger partial charge on any atom is 0.434 e. The third kappa shape index (κ3) is 4.72. The number of imidazole rings is 1. The van der Waals surface area contributed by atoms with Gasteiger partial charge in [0.15, 0.2) is 11.5 Å². The number of hydrogen-bond acceptors (Lipinski definition) is 2. The summed E-state index contributed by atoms with van der Waals surface area (Å²) in [6.45, 7) is -0.233. The second-order valence-electron chi connectivity index (χ2n) is 6.77. The van der Waals surface area contributed by atoms with Crippen LogP contribution in [-0.4, -0.2) is 9.55 Å². The molecule has 0 saturated carbocycles. The van der Waals surface area contributed by atoms with Crippen LogP contribution in [-0.2, 0) is 12.8 Å². The standard InChI is InChI=1S/C23H14Cl3F3N2O/c24-17-5-2-1-4-16(17)14-8-10-15(11-9-14)32-13-21-30-20(23(27,28)29)12-31(21)22-18(25)6-3-7-19(22)26/h1-12H,13H2. The van der Waals surface area contributed by atoms with Gasteiger partial charge < -0.3 is 4.74 Å². The molecule has 0 atom stereocenters. The van der Waals surface area contributed by atoms with Crippen LogP contribution in [0.3, 0.4) is 0 Å². The zero-order valence-electron chi connectivity index (χ0n) is 16.2. The van der Waals surface area contributed by atoms with Crippen molar-refractivity contribution in [1.29, 1.82) is 0 Å². The summed E-state index contributed by atoms with van der Waals surface area (Å²) in [6.07, 6.45) is -3.78. The lowest BCUT2D eigenvalue weighted by Crippen LogP contribution is -2.06. The van der Waals surface area contributed by atoms with Crippen molar-refractivity contribution >= 4 is 34.8 Å². The number of alkyl halides is 3. The summed E-state index contributed by atoms with van der Waals surface area (Å²) >= 11 is 18.6. The number of hydrogen-bond donors (Lipinski definition) is 0. The number of para-hydroxylation sites is 1. The van der Waals surface area contributed by atoms with Gasteiger partial charge in [-0.3, -0.25) is 4.57 Å². The van der Waals surface area contributed by atoms with Gasteiger partial charge >= 0.3 is 6.18 Å². The number of ether oxygens (including phenoxy) is 1. The first-order chi connectivity index (χ1) is 15.2. The Morgan fingerprint density at radius 2 is 1.44 bits per heavy atom. The summed E-state index contributed by atoms with van der Waals surface area (Å²) in [5.41, 5.74) is 0.874. The third-order valence-corrected chi connectivity index (χ3v) is 5.59. The SMILES string of the molecule is FC(F)(F)c1cn(-c2c(Cl)cccc2Cl)c(COc2ccc(-c3ccccc3Cl)cc2)n1. The normalized spacial score (nSPS) is 11.6. The maximum absolute atomic E-state index is 13.3. The Hall–Kier alpha value is -2.67. The van der Waals surface area contributed by atoms with E-state index in [0.29, 0.717) is 10.8 Å². The minimum Gasteiger partial charge on any atom is -0.486 e. The Morgan fingerprint density at radius 3 is 2.06 bits per heavy atom. The van der Waals surface area contributed by atoms with Gasteiger partial charge in [0.05, 0.1) is 15.7 Å². The van der Waals surface area contributed by atoms with Crippen molar-refractivity contribution in [2.24, 2.45) is 0 Å². The van der Waals surface area contributed by atoms with Gasteiger partial charge in [-0.25, -0.2) is 4.98 Å². The molecule has 0 fully saturated rings. The van der Waals surface area contributed by atoms with Gasteiger partial charge in [0, 0.05) is 16.8 Å². The van der Waals surface area contributed by atoms with Crippen LogP contribution in [0.15, 0.2) is 72.9 Å². The fraction of sp³-hybridized carbons (Fsp3) is 0.0870. The highest BCUT2D eigenvalue weighted by atomic mass is 35.5. The van der Waals surface area contributed by atoms with Gasteiger partial charge in [0.2, 0.25) is 0 Å². The molecule has 0 saturated heterocycles. The minimum absolute atomic E-state index is 0.00232. The molecule has 0 aliphatic carbocycles. The monoisotopic (exact) mass is 496 g/mol. The number of aromatic nitrogens is 2. The van der Waals surface area contributed by atoms with E-state index in [1.165, 1.54) is 16.7 Å². The second-order valence-corrected chi connectivity index (χ2v) is 7.99. The molecule has 3 nitrogen and oxygen atoms in total. The highest BCUT2D eigenvalue weighted by Gasteiger charge is 2.35. The van der Waals surface area contributed by atoms with Crippen LogP contribution >= 0.6 is 34.8 Å². The van der Waals surface area contributed by atoms with Gasteiger partial charge in [-0.2, -0.15) is 13.2 Å². The van der Waals surface area contributed by atoms with E-state index in [2.05, 4.69) is 4.98 Å². The first-order valence-electron chi connectivity index (χ1n) is 9.31. The first-order valence-corrected chi connectivity index (χ1v) is 10.4. The van der Waals surface area contributed by atoms with Crippen molar-refractivity contribution < 1.29 is 17.9 Å². The molecule has 0 radical (unpaired) electrons. The molecule has 4 aromatic rings. The smallest absolute Gasteiger partial charge is 0.434 e. The number of nitrogens with zero attached hydrogens (tertiary/aromatic N) is 2. The lowest BCUT2D eigenvalue weighted by atomic mass is 10.1. The molecule has 1 aromatic heterocycles. The van der Waals surface area contributed by atoms with E-state index < -0.39 is 11.9 Å². The Morgan fingerprint density at radius 1 is 0.812 bits per heavy atom. The average Bonchev–Trinajstić information content (AvgIpc) is 3.17. The van der Waals surface area contributed by atoms with Crippen LogP contribution in [0.1, 0.15) is 11.5 Å². The quantitative estimate of drug-likeness (QED) is 0.278. The van der Waals surface area contributed by atoms with E-state index in [1.54, 1.807) is 24.3 Å². The molecular formula is C23H14Cl3F3N2O. The molecule has 0 unspecified atom stereocenters. The average molecular weight is 498 g/mol. The molecule has 0 aliphatic heterocycles. The Labute approximate surface area is 196 Å². The lowest BCUT2D eigenvalue weighted by molar-refractivity contribution is -0.141. The van der Waals surface area contributed by atoms with Gasteiger partial charge in [0.25, 0.3) is 0 Å². The molecule has 0 aliphatic rings. The molecule has 3 aromatic carbocycles. The highest BCUT2D eigenvalue weighted by molar-refractivity contribution is 6.37. The fourth-order valence-electron chi connectivity index (χ4n) is 3.14. The molecule has 9 heteroatoms. The Kier molecular flexibility index (Phi) is 6.38. The summed E-state index contributed by atoms with van der Waals surface area (Å²) < 4.78 is 46.8. The van der Waals surface area contributed by atoms with Crippen LogP contribution < -0.4 is 4.74 Å². The van der Waals surface area contributed by atoms with Crippen LogP contribution in [0.4, 0.5) is 13.2 Å². The largest absolute Gasteiger partial charge is 0.486 e. The molecular weight excluding hydrogens is 484 g/mol. The molecule has 0 spiro atoms. The van der Waals surface area contributed by atoms with Crippen molar-refractivity contribution in [2.45, 2.75) is 12.8 Å². The summed E-state index contributed by atoms with van der Waals surface area (Å²) in [4.78, 5) is 3.71. The maximum atomic E-state index is 13.3. The number of benzene rings is 3. The summed E-state index contributed by atoms with van der Waals surface area (Å²) in [7, 11) is 0. The van der Waals surface area contributed by atoms with Crippen molar-refractivity contribution in [3.63, 3.8) is 0 Å². The lowest BCUT2D eigenvalue weighted by Gasteiger charge is -2.12. The molecule has 0 N–H and O–H groups in total. The topological polar surface area (TPSA) is 27.1 Å². The van der Waals surface area contributed by atoms with E-state index in [1.807, 2.05) is 30.3 Å². The summed E-state index contributed by atoms with van der Waals surface area (Å²) in [5, 5.41) is 0.988. The van der Waals surface area contributed by atoms with E-state index in [0.717, 1.165) is 17.3 Å². The second kappa shape index (κ2) is 9.06. The third-order valence-electron chi connectivity index (χ3n) is 4.65. The zero-order chi connectivity index (χ0) is 22.9. The molecule has 4 rings (SSSR count). The van der Waals surface area contributed by atoms with E-state index in [-0.39, 0.29) is 28.2 Å². The summed E-state index contributed by atoms with van der Waals surface area (Å²) in [5.74, 6) is 0.455. The van der Waals surface area contributed by atoms with Gasteiger partial charge in [-0.05, 0) is 35.9 Å². The molecule has 32 heavy (non-hydrogen) atoms. The predicted molar refractivity (Wildman–Crippen MR) is 120 cm³/mol. The van der Waals surface area contributed by atoms with Crippen molar-refractivity contribution in [3.05, 3.63) is 99.5 Å². The molecule has 0 bridgehead atoms. The van der Waals surface area contributed by atoms with Crippen LogP contribution in [0.2, 0.25) is 15.1 Å². The minimum atomic E-state index is -4.63. The van der Waals surface area contributed by atoms with Gasteiger partial charge in [-0.1, -0.05) is 71.2 Å². The van der Waals surface area contributed by atoms with E-state index in [9.17, 15) is 13.2 Å². The van der Waals surface area contributed by atoms with Gasteiger partial charge in [0.1, 0.15) is 12.4 Å². The Bertz CT molecular complexity index is 1230. The highest BCUT2D eigenvalue weighted by Crippen LogP contribution is 2.34. The van der Waals surface area contributed by atoms with Gasteiger partial charge in [-0.15, -0.1) is 0 Å². The van der Waals surface area contributed by atoms with E-state index in [4.69, 9.17) is 39.5 Å².